The molecule has 0 saturated heterocycles. The molecule has 0 unspecified atom stereocenters. The standard InChI is InChI=1S/C18H21ClN2O4S/c1-11-8-17(12(2)7-16(11)19)26(24,25)21-15-6-4-5-14(9-15)18(23)20-13(3)10-22/h4-9,13,21-22H,10H2,1-3H3,(H,20,23)/t13-/m1/s1. The molecule has 0 aliphatic rings. The van der Waals surface area contributed by atoms with Gasteiger partial charge in [-0.15, -0.1) is 0 Å². The number of aryl methyl sites for hydroxylation is 2. The highest BCUT2D eigenvalue weighted by Crippen LogP contribution is 2.25. The molecule has 1 amide bonds. The minimum absolute atomic E-state index is 0.128. The molecule has 2 aromatic rings. The second-order valence-electron chi connectivity index (χ2n) is 6.11. The van der Waals surface area contributed by atoms with Gasteiger partial charge >= 0.3 is 0 Å². The fourth-order valence-electron chi connectivity index (χ4n) is 2.33. The van der Waals surface area contributed by atoms with Gasteiger partial charge < -0.3 is 10.4 Å². The first-order chi connectivity index (χ1) is 12.1. The van der Waals surface area contributed by atoms with Crippen LogP contribution in [0, 0.1) is 13.8 Å². The fraction of sp³-hybridized carbons (Fsp3) is 0.278. The Morgan fingerprint density at radius 3 is 2.54 bits per heavy atom. The number of hydrogen-bond donors (Lipinski definition) is 3. The third-order valence-electron chi connectivity index (χ3n) is 3.77. The summed E-state index contributed by atoms with van der Waals surface area (Å²) in [4.78, 5) is 12.3. The lowest BCUT2D eigenvalue weighted by Crippen LogP contribution is -2.35. The molecule has 0 saturated carbocycles. The number of sulfonamides is 1. The Kier molecular flexibility index (Phi) is 6.28. The summed E-state index contributed by atoms with van der Waals surface area (Å²) < 4.78 is 27.9. The van der Waals surface area contributed by atoms with Crippen molar-refractivity contribution in [3.05, 3.63) is 58.1 Å². The molecule has 6 nitrogen and oxygen atoms in total. The predicted octanol–water partition coefficient (Wildman–Crippen LogP) is 2.87. The number of amides is 1. The molecule has 0 heterocycles. The second kappa shape index (κ2) is 8.07. The van der Waals surface area contributed by atoms with Crippen LogP contribution in [0.2, 0.25) is 5.02 Å². The first-order valence-corrected chi connectivity index (χ1v) is 9.81. The van der Waals surface area contributed by atoms with Crippen LogP contribution in [0.4, 0.5) is 5.69 Å². The number of aliphatic hydroxyl groups is 1. The minimum atomic E-state index is -3.83. The zero-order valence-corrected chi connectivity index (χ0v) is 16.3. The summed E-state index contributed by atoms with van der Waals surface area (Å²) in [6.45, 7) is 4.87. The van der Waals surface area contributed by atoms with E-state index in [4.69, 9.17) is 16.7 Å². The largest absolute Gasteiger partial charge is 0.394 e. The van der Waals surface area contributed by atoms with Gasteiger partial charge in [-0.1, -0.05) is 17.7 Å². The number of benzene rings is 2. The smallest absolute Gasteiger partial charge is 0.262 e. The van der Waals surface area contributed by atoms with E-state index in [-0.39, 0.29) is 22.8 Å². The zero-order chi connectivity index (χ0) is 19.5. The average molecular weight is 397 g/mol. The second-order valence-corrected chi connectivity index (χ2v) is 8.17. The Labute approximate surface area is 158 Å². The fourth-order valence-corrected chi connectivity index (χ4v) is 3.91. The van der Waals surface area contributed by atoms with Crippen molar-refractivity contribution in [2.75, 3.05) is 11.3 Å². The number of nitrogens with one attached hydrogen (secondary N) is 2. The molecule has 0 radical (unpaired) electrons. The van der Waals surface area contributed by atoms with Crippen molar-refractivity contribution in [2.24, 2.45) is 0 Å². The lowest BCUT2D eigenvalue weighted by atomic mass is 10.2. The van der Waals surface area contributed by atoms with Crippen LogP contribution in [0.3, 0.4) is 0 Å². The van der Waals surface area contributed by atoms with Crippen LogP contribution in [0.25, 0.3) is 0 Å². The van der Waals surface area contributed by atoms with Crippen LogP contribution in [-0.4, -0.2) is 32.1 Å². The molecule has 1 atom stereocenters. The minimum Gasteiger partial charge on any atom is -0.394 e. The maximum absolute atomic E-state index is 12.7. The van der Waals surface area contributed by atoms with E-state index in [2.05, 4.69) is 10.0 Å². The van der Waals surface area contributed by atoms with E-state index in [1.165, 1.54) is 12.1 Å². The third kappa shape index (κ3) is 4.75. The van der Waals surface area contributed by atoms with Crippen molar-refractivity contribution in [3.63, 3.8) is 0 Å². The van der Waals surface area contributed by atoms with Gasteiger partial charge in [0.1, 0.15) is 0 Å². The van der Waals surface area contributed by atoms with E-state index in [9.17, 15) is 13.2 Å². The predicted molar refractivity (Wildman–Crippen MR) is 102 cm³/mol. The number of aliphatic hydroxyl groups excluding tert-OH is 1. The Bertz CT molecular complexity index is 929. The topological polar surface area (TPSA) is 95.5 Å². The van der Waals surface area contributed by atoms with Crippen molar-refractivity contribution in [3.8, 4) is 0 Å². The number of anilines is 1. The van der Waals surface area contributed by atoms with Crippen LogP contribution in [0.15, 0.2) is 41.3 Å². The van der Waals surface area contributed by atoms with Crippen molar-refractivity contribution >= 4 is 33.2 Å². The summed E-state index contributed by atoms with van der Waals surface area (Å²) >= 11 is 6.03. The third-order valence-corrected chi connectivity index (χ3v) is 5.70. The maximum atomic E-state index is 12.7. The molecule has 3 N–H and O–H groups in total. The van der Waals surface area contributed by atoms with Gasteiger partial charge in [0.15, 0.2) is 0 Å². The van der Waals surface area contributed by atoms with Crippen LogP contribution in [0.1, 0.15) is 28.4 Å². The lowest BCUT2D eigenvalue weighted by molar-refractivity contribution is 0.0922. The first-order valence-electron chi connectivity index (χ1n) is 7.95. The van der Waals surface area contributed by atoms with Crippen LogP contribution in [0.5, 0.6) is 0 Å². The van der Waals surface area contributed by atoms with E-state index in [1.807, 2.05) is 0 Å². The Morgan fingerprint density at radius 1 is 1.19 bits per heavy atom. The zero-order valence-electron chi connectivity index (χ0n) is 14.7. The number of carbonyl (C=O) groups excluding carboxylic acids is 1. The lowest BCUT2D eigenvalue weighted by Gasteiger charge is -2.14. The summed E-state index contributed by atoms with van der Waals surface area (Å²) in [6, 6.07) is 8.86. The van der Waals surface area contributed by atoms with E-state index in [0.717, 1.165) is 0 Å². The molecule has 2 aromatic carbocycles. The van der Waals surface area contributed by atoms with Gasteiger partial charge in [0, 0.05) is 22.3 Å². The molecule has 140 valence electrons. The quantitative estimate of drug-likeness (QED) is 0.699. The van der Waals surface area contributed by atoms with Crippen molar-refractivity contribution < 1.29 is 18.3 Å². The van der Waals surface area contributed by atoms with Gasteiger partial charge in [0.05, 0.1) is 11.5 Å². The Hall–Kier alpha value is -2.09. The SMILES string of the molecule is Cc1cc(S(=O)(=O)Nc2cccc(C(=O)N[C@H](C)CO)c2)c(C)cc1Cl. The van der Waals surface area contributed by atoms with Gasteiger partial charge in [0.2, 0.25) is 0 Å². The van der Waals surface area contributed by atoms with Gasteiger partial charge in [-0.05, 0) is 62.2 Å². The molecular formula is C18H21ClN2O4S. The number of carbonyl (C=O) groups is 1. The van der Waals surface area contributed by atoms with E-state index >= 15 is 0 Å². The van der Waals surface area contributed by atoms with Crippen LogP contribution < -0.4 is 10.0 Å². The highest BCUT2D eigenvalue weighted by Gasteiger charge is 2.19. The monoisotopic (exact) mass is 396 g/mol. The van der Waals surface area contributed by atoms with E-state index < -0.39 is 22.0 Å². The summed E-state index contributed by atoms with van der Waals surface area (Å²) in [5, 5.41) is 12.1. The highest BCUT2D eigenvalue weighted by molar-refractivity contribution is 7.92. The molecule has 0 aromatic heterocycles. The van der Waals surface area contributed by atoms with Crippen LogP contribution >= 0.6 is 11.6 Å². The molecule has 0 spiro atoms. The number of hydrogen-bond acceptors (Lipinski definition) is 4. The molecule has 8 heteroatoms. The average Bonchev–Trinajstić information content (AvgIpc) is 2.57. The normalized spacial score (nSPS) is 12.5. The molecule has 26 heavy (non-hydrogen) atoms. The van der Waals surface area contributed by atoms with Crippen molar-refractivity contribution in [1.29, 1.82) is 0 Å². The molecule has 0 bridgehead atoms. The summed E-state index contributed by atoms with van der Waals surface area (Å²) in [5.41, 5.74) is 1.73. The van der Waals surface area contributed by atoms with E-state index in [1.54, 1.807) is 45.0 Å². The summed E-state index contributed by atoms with van der Waals surface area (Å²) in [7, 11) is -3.83. The van der Waals surface area contributed by atoms with Gasteiger partial charge in [-0.25, -0.2) is 8.42 Å². The van der Waals surface area contributed by atoms with Crippen molar-refractivity contribution in [2.45, 2.75) is 31.7 Å². The van der Waals surface area contributed by atoms with Crippen molar-refractivity contribution in [1.82, 2.24) is 5.32 Å². The molecular weight excluding hydrogens is 376 g/mol. The Morgan fingerprint density at radius 2 is 1.88 bits per heavy atom. The van der Waals surface area contributed by atoms with E-state index in [0.29, 0.717) is 16.1 Å². The molecule has 0 aliphatic heterocycles. The Balaban J connectivity index is 2.29. The molecule has 0 fully saturated rings. The molecule has 0 aliphatic carbocycles. The van der Waals surface area contributed by atoms with Gasteiger partial charge in [0.25, 0.3) is 15.9 Å². The number of rotatable bonds is 6. The molecule has 2 rings (SSSR count). The van der Waals surface area contributed by atoms with Gasteiger partial charge in [-0.3, -0.25) is 9.52 Å². The number of halogens is 1. The summed E-state index contributed by atoms with van der Waals surface area (Å²) in [5.74, 6) is -0.397. The van der Waals surface area contributed by atoms with Crippen LogP contribution in [-0.2, 0) is 10.0 Å². The summed E-state index contributed by atoms with van der Waals surface area (Å²) in [6.07, 6.45) is 0. The first kappa shape index (κ1) is 20.2. The maximum Gasteiger partial charge on any atom is 0.262 e. The van der Waals surface area contributed by atoms with Gasteiger partial charge in [-0.2, -0.15) is 0 Å². The highest BCUT2D eigenvalue weighted by atomic mass is 35.5.